The number of halogens is 3. The smallest absolute Gasteiger partial charge is 0.266 e. The van der Waals surface area contributed by atoms with Crippen LogP contribution in [0.2, 0.25) is 5.02 Å². The van der Waals surface area contributed by atoms with E-state index in [1.165, 1.54) is 11.3 Å². The molecule has 0 aliphatic carbocycles. The van der Waals surface area contributed by atoms with Crippen molar-refractivity contribution in [1.29, 1.82) is 0 Å². The Labute approximate surface area is 169 Å². The molecule has 3 rings (SSSR count). The lowest BCUT2D eigenvalue weighted by Gasteiger charge is -2.34. The Morgan fingerprint density at radius 2 is 2.00 bits per heavy atom. The number of amides is 1. The first-order valence-corrected chi connectivity index (χ1v) is 9.04. The molecule has 4 nitrogen and oxygen atoms in total. The average molecular weight is 423 g/mol. The monoisotopic (exact) mass is 421 g/mol. The molecule has 1 atom stereocenters. The molecule has 2 N–H and O–H groups in total. The fourth-order valence-corrected chi connectivity index (χ4v) is 4.11. The van der Waals surface area contributed by atoms with E-state index in [-0.39, 0.29) is 36.8 Å². The van der Waals surface area contributed by atoms with Crippen LogP contribution >= 0.6 is 47.8 Å². The minimum absolute atomic E-state index is 0. The molecule has 0 saturated carbocycles. The molecule has 8 heteroatoms. The Balaban J connectivity index is 0.00000156. The Hall–Kier alpha value is -0.850. The maximum absolute atomic E-state index is 12.9. The molecule has 1 aliphatic heterocycles. The van der Waals surface area contributed by atoms with Crippen LogP contribution in [0.1, 0.15) is 34.6 Å². The number of thiazole rings is 1. The standard InChI is InChI=1S/C17H20ClN3OS.2ClH/c1-11-15(17(22)21-9-3-2-4-14(21)10-19)23-16(20-11)12-5-7-13(18)8-6-12;;/h5-8,14H,2-4,9-10,19H2,1H3;2*1H. The zero-order chi connectivity index (χ0) is 16.4. The summed E-state index contributed by atoms with van der Waals surface area (Å²) in [5.74, 6) is 0.0652. The van der Waals surface area contributed by atoms with Crippen molar-refractivity contribution >= 4 is 53.7 Å². The predicted molar refractivity (Wildman–Crippen MR) is 110 cm³/mol. The van der Waals surface area contributed by atoms with Gasteiger partial charge < -0.3 is 10.6 Å². The van der Waals surface area contributed by atoms with E-state index in [1.807, 2.05) is 36.1 Å². The van der Waals surface area contributed by atoms with Crippen LogP contribution in [-0.2, 0) is 0 Å². The van der Waals surface area contributed by atoms with E-state index in [4.69, 9.17) is 17.3 Å². The lowest BCUT2D eigenvalue weighted by molar-refractivity contribution is 0.0627. The molecule has 2 aromatic rings. The number of rotatable bonds is 3. The van der Waals surface area contributed by atoms with Crippen molar-refractivity contribution < 1.29 is 4.79 Å². The fraction of sp³-hybridized carbons (Fsp3) is 0.412. The van der Waals surface area contributed by atoms with Gasteiger partial charge in [-0.05, 0) is 38.3 Å². The van der Waals surface area contributed by atoms with E-state index < -0.39 is 0 Å². The zero-order valence-corrected chi connectivity index (χ0v) is 17.1. The van der Waals surface area contributed by atoms with E-state index in [9.17, 15) is 4.79 Å². The van der Waals surface area contributed by atoms with Gasteiger partial charge in [0, 0.05) is 29.7 Å². The Morgan fingerprint density at radius 3 is 2.64 bits per heavy atom. The van der Waals surface area contributed by atoms with Crippen LogP contribution in [0, 0.1) is 6.92 Å². The van der Waals surface area contributed by atoms with Gasteiger partial charge in [0.05, 0.1) is 5.69 Å². The molecule has 138 valence electrons. The quantitative estimate of drug-likeness (QED) is 0.788. The van der Waals surface area contributed by atoms with E-state index in [0.717, 1.165) is 46.9 Å². The number of carbonyl (C=O) groups is 1. The van der Waals surface area contributed by atoms with Crippen LogP contribution < -0.4 is 5.73 Å². The minimum Gasteiger partial charge on any atom is -0.334 e. The van der Waals surface area contributed by atoms with Crippen molar-refractivity contribution in [2.45, 2.75) is 32.2 Å². The molecule has 1 amide bonds. The van der Waals surface area contributed by atoms with Gasteiger partial charge in [-0.25, -0.2) is 4.98 Å². The highest BCUT2D eigenvalue weighted by molar-refractivity contribution is 7.17. The fourth-order valence-electron chi connectivity index (χ4n) is 2.95. The van der Waals surface area contributed by atoms with Gasteiger partial charge in [0.1, 0.15) is 9.88 Å². The van der Waals surface area contributed by atoms with Crippen molar-refractivity contribution in [2.75, 3.05) is 13.1 Å². The highest BCUT2D eigenvalue weighted by Gasteiger charge is 2.29. The summed E-state index contributed by atoms with van der Waals surface area (Å²) in [5.41, 5.74) is 7.61. The molecule has 0 radical (unpaired) electrons. The number of aryl methyl sites for hydroxylation is 1. The van der Waals surface area contributed by atoms with Crippen LogP contribution in [0.4, 0.5) is 0 Å². The van der Waals surface area contributed by atoms with Gasteiger partial charge in [-0.3, -0.25) is 4.79 Å². The van der Waals surface area contributed by atoms with Crippen molar-refractivity contribution in [3.8, 4) is 10.6 Å². The lowest BCUT2D eigenvalue weighted by atomic mass is 10.0. The molecule has 1 aromatic heterocycles. The van der Waals surface area contributed by atoms with E-state index in [1.54, 1.807) is 0 Å². The molecular formula is C17H22Cl3N3OS. The van der Waals surface area contributed by atoms with Crippen molar-refractivity contribution in [3.63, 3.8) is 0 Å². The number of nitrogens with zero attached hydrogens (tertiary/aromatic N) is 2. The number of hydrogen-bond acceptors (Lipinski definition) is 4. The highest BCUT2D eigenvalue weighted by atomic mass is 35.5. The van der Waals surface area contributed by atoms with Crippen LogP contribution in [0.5, 0.6) is 0 Å². The minimum atomic E-state index is 0. The molecule has 1 aliphatic rings. The maximum Gasteiger partial charge on any atom is 0.266 e. The van der Waals surface area contributed by atoms with Crippen molar-refractivity contribution in [3.05, 3.63) is 39.9 Å². The summed E-state index contributed by atoms with van der Waals surface area (Å²) in [6.45, 7) is 3.20. The zero-order valence-electron chi connectivity index (χ0n) is 13.9. The van der Waals surface area contributed by atoms with Gasteiger partial charge in [-0.15, -0.1) is 36.2 Å². The third-order valence-electron chi connectivity index (χ3n) is 4.24. The van der Waals surface area contributed by atoms with Gasteiger partial charge >= 0.3 is 0 Å². The predicted octanol–water partition coefficient (Wildman–Crippen LogP) is 4.57. The van der Waals surface area contributed by atoms with Gasteiger partial charge in [-0.2, -0.15) is 0 Å². The van der Waals surface area contributed by atoms with E-state index >= 15 is 0 Å². The molecule has 1 unspecified atom stereocenters. The first-order chi connectivity index (χ1) is 11.1. The Bertz CT molecular complexity index is 706. The third kappa shape index (κ3) is 4.86. The third-order valence-corrected chi connectivity index (χ3v) is 5.69. The van der Waals surface area contributed by atoms with Gasteiger partial charge in [0.25, 0.3) is 5.91 Å². The topological polar surface area (TPSA) is 59.2 Å². The number of nitrogens with two attached hydrogens (primary N) is 1. The van der Waals surface area contributed by atoms with E-state index in [2.05, 4.69) is 4.98 Å². The second-order valence-electron chi connectivity index (χ2n) is 5.82. The first-order valence-electron chi connectivity index (χ1n) is 7.84. The first kappa shape index (κ1) is 22.2. The molecular weight excluding hydrogens is 401 g/mol. The van der Waals surface area contributed by atoms with Crippen molar-refractivity contribution in [2.24, 2.45) is 5.73 Å². The molecule has 0 spiro atoms. The van der Waals surface area contributed by atoms with Gasteiger partial charge in [0.2, 0.25) is 0 Å². The van der Waals surface area contributed by atoms with Gasteiger partial charge in [0.15, 0.2) is 0 Å². The average Bonchev–Trinajstić information content (AvgIpc) is 2.96. The van der Waals surface area contributed by atoms with Crippen LogP contribution in [0.3, 0.4) is 0 Å². The summed E-state index contributed by atoms with van der Waals surface area (Å²) < 4.78 is 0. The second kappa shape index (κ2) is 9.74. The number of aromatic nitrogens is 1. The molecule has 1 saturated heterocycles. The largest absolute Gasteiger partial charge is 0.334 e. The second-order valence-corrected chi connectivity index (χ2v) is 7.26. The molecule has 25 heavy (non-hydrogen) atoms. The number of likely N-dealkylation sites (tertiary alicyclic amines) is 1. The summed E-state index contributed by atoms with van der Waals surface area (Å²) in [4.78, 5) is 20.1. The molecule has 1 aromatic carbocycles. The van der Waals surface area contributed by atoms with E-state index in [0.29, 0.717) is 11.6 Å². The highest BCUT2D eigenvalue weighted by Crippen LogP contribution is 2.31. The summed E-state index contributed by atoms with van der Waals surface area (Å²) in [5, 5.41) is 1.54. The number of benzene rings is 1. The summed E-state index contributed by atoms with van der Waals surface area (Å²) in [6, 6.07) is 7.68. The van der Waals surface area contributed by atoms with Crippen LogP contribution in [0.15, 0.2) is 24.3 Å². The molecule has 2 heterocycles. The van der Waals surface area contributed by atoms with Crippen LogP contribution in [0.25, 0.3) is 10.6 Å². The van der Waals surface area contributed by atoms with Crippen molar-refractivity contribution in [1.82, 2.24) is 9.88 Å². The number of carbonyl (C=O) groups excluding carboxylic acids is 1. The molecule has 1 fully saturated rings. The van der Waals surface area contributed by atoms with Gasteiger partial charge in [-0.1, -0.05) is 23.7 Å². The Morgan fingerprint density at radius 1 is 1.32 bits per heavy atom. The normalized spacial score (nSPS) is 16.8. The number of piperidine rings is 1. The van der Waals surface area contributed by atoms with Crippen LogP contribution in [-0.4, -0.2) is 34.9 Å². The summed E-state index contributed by atoms with van der Waals surface area (Å²) in [6.07, 6.45) is 3.18. The Kier molecular flexibility index (Phi) is 8.64. The SMILES string of the molecule is Cc1nc(-c2ccc(Cl)cc2)sc1C(=O)N1CCCCC1CN.Cl.Cl. The molecule has 0 bridgehead atoms. The summed E-state index contributed by atoms with van der Waals surface area (Å²) in [7, 11) is 0. The maximum atomic E-state index is 12.9. The summed E-state index contributed by atoms with van der Waals surface area (Å²) >= 11 is 7.38. The lowest BCUT2D eigenvalue weighted by Crippen LogP contribution is -2.47. The number of hydrogen-bond donors (Lipinski definition) is 1.